The molecule has 260 valence electrons. The van der Waals surface area contributed by atoms with Crippen LogP contribution in [-0.4, -0.2) is 115 Å². The third kappa shape index (κ3) is 8.53. The Kier molecular flexibility index (Phi) is 11.8. The van der Waals surface area contributed by atoms with Gasteiger partial charge in [-0.1, -0.05) is 77.6 Å². The van der Waals surface area contributed by atoms with E-state index in [1.165, 1.54) is 0 Å². The van der Waals surface area contributed by atoms with Gasteiger partial charge < -0.3 is 50.7 Å². The minimum Gasteiger partial charge on any atom is -0.394 e. The molecule has 10 atom stereocenters. The highest BCUT2D eigenvalue weighted by Crippen LogP contribution is 2.37. The number of ether oxygens (including phenoxy) is 2. The van der Waals surface area contributed by atoms with Crippen molar-refractivity contribution < 1.29 is 49.7 Å². The molecule has 2 aliphatic rings. The normalized spacial score (nSPS) is 31.7. The first kappa shape index (κ1) is 37.2. The molecular weight excluding hydrogens is 628 g/mol. The molecule has 0 unspecified atom stereocenters. The zero-order valence-electron chi connectivity index (χ0n) is 27.5. The number of nitrogens with one attached hydrogen (secondary N) is 2. The Hall–Kier alpha value is -2.59. The van der Waals surface area contributed by atoms with Crippen LogP contribution < -0.4 is 10.6 Å². The molecule has 13 heteroatoms. The summed E-state index contributed by atoms with van der Waals surface area (Å²) in [5, 5.41) is 69.5. The van der Waals surface area contributed by atoms with E-state index < -0.39 is 84.6 Å². The molecule has 47 heavy (non-hydrogen) atoms. The van der Waals surface area contributed by atoms with Crippen molar-refractivity contribution in [1.82, 2.24) is 10.6 Å². The van der Waals surface area contributed by atoms with Gasteiger partial charge in [0.2, 0.25) is 0 Å². The van der Waals surface area contributed by atoms with Gasteiger partial charge in [-0.15, -0.1) is 0 Å². The van der Waals surface area contributed by atoms with Crippen molar-refractivity contribution in [2.45, 2.75) is 112 Å². The minimum absolute atomic E-state index is 0.128. The number of rotatable bonds is 8. The average Bonchev–Trinajstić information content (AvgIpc) is 3.02. The van der Waals surface area contributed by atoms with Crippen molar-refractivity contribution >= 4 is 23.6 Å². The number of hydrogen-bond donors (Lipinski definition) is 8. The van der Waals surface area contributed by atoms with Gasteiger partial charge in [-0.3, -0.25) is 9.59 Å². The van der Waals surface area contributed by atoms with Crippen molar-refractivity contribution in [3.63, 3.8) is 0 Å². The second kappa shape index (κ2) is 14.9. The van der Waals surface area contributed by atoms with E-state index in [1.54, 1.807) is 24.3 Å². The number of benzene rings is 2. The van der Waals surface area contributed by atoms with E-state index in [0.717, 1.165) is 22.9 Å². The molecule has 0 aliphatic carbocycles. The zero-order valence-corrected chi connectivity index (χ0v) is 28.3. The van der Waals surface area contributed by atoms with Crippen LogP contribution >= 0.6 is 11.8 Å². The van der Waals surface area contributed by atoms with E-state index in [4.69, 9.17) is 9.47 Å². The van der Waals surface area contributed by atoms with Gasteiger partial charge in [0, 0.05) is 11.1 Å². The smallest absolute Gasteiger partial charge is 0.251 e. The van der Waals surface area contributed by atoms with Gasteiger partial charge in [0.25, 0.3) is 11.8 Å². The molecule has 2 aromatic carbocycles. The van der Waals surface area contributed by atoms with E-state index in [9.17, 15) is 40.2 Å². The van der Waals surface area contributed by atoms with Gasteiger partial charge >= 0.3 is 0 Å². The number of carbonyl (C=O) groups excluding carboxylic acids is 2. The lowest BCUT2D eigenvalue weighted by atomic mass is 9.86. The standard InChI is InChI=1S/C34H48N2O10S/c1-33(2,3)19-11-7-17(8-12-19)29(43)35-23-25(39)21(15-37)45-31(27(23)41)47-32-28(42)24(26(40)22(16-38)46-32)36-30(44)18-9-13-20(14-10-18)34(4,5)6/h7-14,21-28,31-32,37-42H,15-16H2,1-6H3,(H,35,43)(H,36,44)/t21-,22-,23+,24+,25+,26+,27-,28-,31+,32+/m1/s1. The molecule has 2 saturated heterocycles. The fourth-order valence-electron chi connectivity index (χ4n) is 5.59. The molecule has 0 radical (unpaired) electrons. The van der Waals surface area contributed by atoms with Crippen molar-refractivity contribution in [1.29, 1.82) is 0 Å². The summed E-state index contributed by atoms with van der Waals surface area (Å²) in [6.45, 7) is 11.0. The summed E-state index contributed by atoms with van der Waals surface area (Å²) in [5.74, 6) is -1.13. The number of hydrogen-bond acceptors (Lipinski definition) is 11. The monoisotopic (exact) mass is 676 g/mol. The molecule has 2 amide bonds. The molecule has 2 aromatic rings. The molecule has 0 bridgehead atoms. The van der Waals surface area contributed by atoms with Crippen LogP contribution in [0, 0.1) is 0 Å². The highest BCUT2D eigenvalue weighted by molar-refractivity contribution is 8.00. The lowest BCUT2D eigenvalue weighted by Crippen LogP contribution is -2.66. The molecule has 0 aromatic heterocycles. The first-order chi connectivity index (χ1) is 22.0. The SMILES string of the molecule is CC(C)(C)c1ccc(C(=O)N[C@H]2[C@@H](O)[C@@H](CO)O[C@@H](S[C@@H]3O[C@H](CO)[C@H](O)[C@H](NC(=O)c4ccc(C(C)(C)C)cc4)[C@H]3O)[C@@H]2O)cc1. The van der Waals surface area contributed by atoms with Gasteiger partial charge in [0.1, 0.15) is 47.5 Å². The maximum Gasteiger partial charge on any atom is 0.251 e. The van der Waals surface area contributed by atoms with Gasteiger partial charge in [-0.2, -0.15) is 0 Å². The highest BCUT2D eigenvalue weighted by Gasteiger charge is 2.50. The fraction of sp³-hybridized carbons (Fsp3) is 0.588. The topological polar surface area (TPSA) is 198 Å². The van der Waals surface area contributed by atoms with Crippen LogP contribution in [0.5, 0.6) is 0 Å². The Balaban J connectivity index is 1.49. The van der Waals surface area contributed by atoms with E-state index >= 15 is 0 Å². The predicted octanol–water partition coefficient (Wildman–Crippen LogP) is 0.790. The molecule has 0 spiro atoms. The summed E-state index contributed by atoms with van der Waals surface area (Å²) < 4.78 is 11.5. The summed E-state index contributed by atoms with van der Waals surface area (Å²) >= 11 is 0.771. The first-order valence-corrected chi connectivity index (χ1v) is 16.6. The Bertz CT molecular complexity index is 1260. The largest absolute Gasteiger partial charge is 0.394 e. The summed E-state index contributed by atoms with van der Waals surface area (Å²) in [4.78, 5) is 26.3. The Morgan fingerprint density at radius 2 is 0.936 bits per heavy atom. The molecule has 4 rings (SSSR count). The highest BCUT2D eigenvalue weighted by atomic mass is 32.2. The zero-order chi connectivity index (χ0) is 34.8. The molecule has 2 fully saturated rings. The summed E-state index contributed by atoms with van der Waals surface area (Å²) in [6, 6.07) is 11.3. The van der Waals surface area contributed by atoms with E-state index in [-0.39, 0.29) is 10.8 Å². The number of thioether (sulfide) groups is 1. The van der Waals surface area contributed by atoms with Gasteiger partial charge in [0.05, 0.1) is 25.3 Å². The van der Waals surface area contributed by atoms with E-state index in [0.29, 0.717) is 11.1 Å². The van der Waals surface area contributed by atoms with Crippen molar-refractivity contribution in [3.05, 3.63) is 70.8 Å². The second-order valence-electron chi connectivity index (χ2n) is 14.2. The van der Waals surface area contributed by atoms with Crippen LogP contribution in [0.25, 0.3) is 0 Å². The van der Waals surface area contributed by atoms with E-state index in [1.807, 2.05) is 65.8 Å². The fourth-order valence-corrected chi connectivity index (χ4v) is 6.92. The maximum atomic E-state index is 13.2. The van der Waals surface area contributed by atoms with Crippen LogP contribution in [0.15, 0.2) is 48.5 Å². The van der Waals surface area contributed by atoms with Crippen molar-refractivity contribution in [2.75, 3.05) is 13.2 Å². The number of aliphatic hydroxyl groups is 6. The molecular formula is C34H48N2O10S. The third-order valence-corrected chi connectivity index (χ3v) is 9.98. The summed E-state index contributed by atoms with van der Waals surface area (Å²) in [5.41, 5.74) is -0.130. The van der Waals surface area contributed by atoms with Gasteiger partial charge in [-0.05, 0) is 46.2 Å². The minimum atomic E-state index is -1.54. The van der Waals surface area contributed by atoms with Crippen molar-refractivity contribution in [3.8, 4) is 0 Å². The Morgan fingerprint density at radius 1 is 0.617 bits per heavy atom. The lowest BCUT2D eigenvalue weighted by Gasteiger charge is -2.46. The average molecular weight is 677 g/mol. The Morgan fingerprint density at radius 3 is 1.21 bits per heavy atom. The summed E-state index contributed by atoms with van der Waals surface area (Å²) in [6.07, 6.45) is -8.47. The van der Waals surface area contributed by atoms with E-state index in [2.05, 4.69) is 10.6 Å². The van der Waals surface area contributed by atoms with Gasteiger partial charge in [0.15, 0.2) is 0 Å². The van der Waals surface area contributed by atoms with Crippen LogP contribution in [0.3, 0.4) is 0 Å². The van der Waals surface area contributed by atoms with Crippen LogP contribution in [0.1, 0.15) is 73.4 Å². The first-order valence-electron chi connectivity index (χ1n) is 15.7. The van der Waals surface area contributed by atoms with Crippen LogP contribution in [-0.2, 0) is 20.3 Å². The Labute approximate surface area is 279 Å². The predicted molar refractivity (Wildman–Crippen MR) is 176 cm³/mol. The number of aliphatic hydroxyl groups excluding tert-OH is 6. The molecule has 2 heterocycles. The molecule has 12 nitrogen and oxygen atoms in total. The summed E-state index contributed by atoms with van der Waals surface area (Å²) in [7, 11) is 0. The quantitative estimate of drug-likeness (QED) is 0.197. The number of amides is 2. The third-order valence-electron chi connectivity index (χ3n) is 8.66. The number of carbonyl (C=O) groups is 2. The van der Waals surface area contributed by atoms with Crippen LogP contribution in [0.2, 0.25) is 0 Å². The van der Waals surface area contributed by atoms with Gasteiger partial charge in [-0.25, -0.2) is 0 Å². The second-order valence-corrected chi connectivity index (χ2v) is 15.4. The molecule has 0 saturated carbocycles. The van der Waals surface area contributed by atoms with Crippen molar-refractivity contribution in [2.24, 2.45) is 0 Å². The maximum absolute atomic E-state index is 13.2. The molecule has 8 N–H and O–H groups in total. The lowest BCUT2D eigenvalue weighted by molar-refractivity contribution is -0.175. The van der Waals surface area contributed by atoms with Crippen LogP contribution in [0.4, 0.5) is 0 Å². The molecule has 2 aliphatic heterocycles.